The number of carboxylic acids is 1. The zero-order valence-corrected chi connectivity index (χ0v) is 13.2. The van der Waals surface area contributed by atoms with Crippen molar-refractivity contribution in [1.82, 2.24) is 4.90 Å². The average molecular weight is 353 g/mol. The van der Waals surface area contributed by atoms with Gasteiger partial charge in [-0.2, -0.15) is 0 Å². The number of hydrogen-bond acceptors (Lipinski definition) is 7. The third-order valence-electron chi connectivity index (χ3n) is 3.29. The summed E-state index contributed by atoms with van der Waals surface area (Å²) in [6, 6.07) is 3.81. The van der Waals surface area contributed by atoms with Gasteiger partial charge in [0.25, 0.3) is 5.91 Å². The highest BCUT2D eigenvalue weighted by Gasteiger charge is 2.40. The van der Waals surface area contributed by atoms with Gasteiger partial charge in [0.15, 0.2) is 17.5 Å². The highest BCUT2D eigenvalue weighted by molar-refractivity contribution is 8.26. The van der Waals surface area contributed by atoms with Crippen molar-refractivity contribution in [2.75, 3.05) is 13.4 Å². The number of hydrogen-bond donors (Lipinski definition) is 2. The van der Waals surface area contributed by atoms with Gasteiger partial charge in [-0.15, -0.1) is 0 Å². The molecule has 23 heavy (non-hydrogen) atoms. The molecule has 2 aliphatic rings. The monoisotopic (exact) mass is 353 g/mol. The average Bonchev–Trinajstić information content (AvgIpc) is 3.07. The number of aliphatic hydroxyl groups excluding tert-OH is 1. The number of aliphatic carboxylic acids is 1. The second kappa shape index (κ2) is 6.19. The standard InChI is InChI=1S/C14H11NO6S2/c16-5-8(13(18)19)15-12(17)11(23-14(15)22)4-7-1-2-9-10(3-7)21-6-20-9/h1-4,8,16H,5-6H2,(H,18,19)/b11-4-/t8-/m0/s1. The van der Waals surface area contributed by atoms with E-state index in [-0.39, 0.29) is 16.0 Å². The van der Waals surface area contributed by atoms with Crippen molar-refractivity contribution >= 4 is 46.3 Å². The maximum atomic E-state index is 12.4. The molecule has 1 atom stereocenters. The van der Waals surface area contributed by atoms with E-state index in [1.807, 2.05) is 0 Å². The topological polar surface area (TPSA) is 96.3 Å². The third-order valence-corrected chi connectivity index (χ3v) is 4.62. The molecular formula is C14H11NO6S2. The fourth-order valence-electron chi connectivity index (χ4n) is 2.17. The number of carbonyl (C=O) groups is 2. The molecule has 0 aliphatic carbocycles. The summed E-state index contributed by atoms with van der Waals surface area (Å²) in [5, 5.41) is 18.3. The number of carboxylic acid groups (broad SMARTS) is 1. The Morgan fingerprint density at radius 3 is 2.87 bits per heavy atom. The molecule has 2 N–H and O–H groups in total. The Kier molecular flexibility index (Phi) is 4.24. The number of rotatable bonds is 4. The van der Waals surface area contributed by atoms with Crippen LogP contribution in [0.5, 0.6) is 11.5 Å². The first-order chi connectivity index (χ1) is 11.0. The van der Waals surface area contributed by atoms with Gasteiger partial charge < -0.3 is 19.7 Å². The molecular weight excluding hydrogens is 342 g/mol. The Balaban J connectivity index is 1.88. The number of aliphatic hydroxyl groups is 1. The lowest BCUT2D eigenvalue weighted by Crippen LogP contribution is -2.46. The summed E-state index contributed by atoms with van der Waals surface area (Å²) in [5.41, 5.74) is 0.700. The number of thioether (sulfide) groups is 1. The van der Waals surface area contributed by atoms with Crippen LogP contribution in [0.4, 0.5) is 0 Å². The van der Waals surface area contributed by atoms with E-state index in [9.17, 15) is 14.7 Å². The fraction of sp³-hybridized carbons (Fsp3) is 0.214. The van der Waals surface area contributed by atoms with Crippen LogP contribution in [0, 0.1) is 0 Å². The molecule has 1 amide bonds. The predicted octanol–water partition coefficient (Wildman–Crippen LogP) is 1.06. The molecule has 1 saturated heterocycles. The van der Waals surface area contributed by atoms with Gasteiger partial charge in [0, 0.05) is 0 Å². The van der Waals surface area contributed by atoms with Crippen molar-refractivity contribution in [3.8, 4) is 11.5 Å². The smallest absolute Gasteiger partial charge is 0.329 e. The number of thiocarbonyl (C=S) groups is 1. The minimum atomic E-state index is -1.38. The Bertz CT molecular complexity index is 732. The van der Waals surface area contributed by atoms with E-state index in [1.165, 1.54) is 0 Å². The molecule has 0 unspecified atom stereocenters. The first kappa shape index (κ1) is 15.8. The van der Waals surface area contributed by atoms with E-state index in [0.717, 1.165) is 16.7 Å². The summed E-state index contributed by atoms with van der Waals surface area (Å²) in [6.07, 6.45) is 1.59. The lowest BCUT2D eigenvalue weighted by Gasteiger charge is -2.20. The van der Waals surface area contributed by atoms with Crippen LogP contribution in [0.3, 0.4) is 0 Å². The van der Waals surface area contributed by atoms with Gasteiger partial charge in [0.1, 0.15) is 4.32 Å². The van der Waals surface area contributed by atoms with E-state index >= 15 is 0 Å². The normalized spacial score (nSPS) is 19.5. The quantitative estimate of drug-likeness (QED) is 0.613. The van der Waals surface area contributed by atoms with E-state index in [2.05, 4.69) is 0 Å². The van der Waals surface area contributed by atoms with Gasteiger partial charge in [-0.25, -0.2) is 4.79 Å². The van der Waals surface area contributed by atoms with Crippen LogP contribution < -0.4 is 9.47 Å². The SMILES string of the molecule is O=C(O)[C@H](CO)N1C(=O)/C(=C/c2ccc3c(c2)OCO3)SC1=S. The molecule has 0 saturated carbocycles. The number of ether oxygens (including phenoxy) is 2. The van der Waals surface area contributed by atoms with Gasteiger partial charge in [-0.1, -0.05) is 30.0 Å². The Morgan fingerprint density at radius 2 is 2.17 bits per heavy atom. The van der Waals surface area contributed by atoms with E-state index in [4.69, 9.17) is 26.8 Å². The molecule has 1 aromatic carbocycles. The van der Waals surface area contributed by atoms with Crippen molar-refractivity contribution in [2.24, 2.45) is 0 Å². The van der Waals surface area contributed by atoms with Crippen molar-refractivity contribution in [2.45, 2.75) is 6.04 Å². The van der Waals surface area contributed by atoms with Crippen LogP contribution in [0.1, 0.15) is 5.56 Å². The zero-order valence-electron chi connectivity index (χ0n) is 11.6. The Morgan fingerprint density at radius 1 is 1.43 bits per heavy atom. The number of amides is 1. The maximum Gasteiger partial charge on any atom is 0.329 e. The molecule has 0 bridgehead atoms. The third kappa shape index (κ3) is 2.90. The molecule has 1 aromatic rings. The lowest BCUT2D eigenvalue weighted by molar-refractivity contribution is -0.146. The summed E-state index contributed by atoms with van der Waals surface area (Å²) < 4.78 is 10.6. The molecule has 0 radical (unpaired) electrons. The van der Waals surface area contributed by atoms with Gasteiger partial charge in [-0.3, -0.25) is 9.69 Å². The second-order valence-corrected chi connectivity index (χ2v) is 6.38. The highest BCUT2D eigenvalue weighted by atomic mass is 32.2. The van der Waals surface area contributed by atoms with Crippen molar-refractivity contribution in [3.05, 3.63) is 28.7 Å². The molecule has 7 nitrogen and oxygen atoms in total. The first-order valence-corrected chi connectivity index (χ1v) is 7.74. The van der Waals surface area contributed by atoms with Crippen LogP contribution in [-0.2, 0) is 9.59 Å². The summed E-state index contributed by atoms with van der Waals surface area (Å²) in [5.74, 6) is -0.652. The van der Waals surface area contributed by atoms with Gasteiger partial charge in [0.2, 0.25) is 6.79 Å². The molecule has 9 heteroatoms. The number of benzene rings is 1. The van der Waals surface area contributed by atoms with E-state index in [1.54, 1.807) is 24.3 Å². The summed E-state index contributed by atoms with van der Waals surface area (Å²) in [7, 11) is 0. The van der Waals surface area contributed by atoms with E-state index in [0.29, 0.717) is 17.1 Å². The molecule has 3 rings (SSSR count). The van der Waals surface area contributed by atoms with Crippen LogP contribution >= 0.6 is 24.0 Å². The van der Waals surface area contributed by atoms with Crippen molar-refractivity contribution < 1.29 is 29.3 Å². The summed E-state index contributed by atoms with van der Waals surface area (Å²) in [4.78, 5) is 24.7. The Hall–Kier alpha value is -2.10. The van der Waals surface area contributed by atoms with Gasteiger partial charge in [0.05, 0.1) is 11.5 Å². The minimum absolute atomic E-state index is 0.100. The van der Waals surface area contributed by atoms with Crippen LogP contribution in [0.15, 0.2) is 23.1 Å². The van der Waals surface area contributed by atoms with Crippen molar-refractivity contribution in [1.29, 1.82) is 0 Å². The van der Waals surface area contributed by atoms with Gasteiger partial charge >= 0.3 is 5.97 Å². The number of nitrogens with zero attached hydrogens (tertiary/aromatic N) is 1. The fourth-order valence-corrected chi connectivity index (χ4v) is 3.53. The first-order valence-electron chi connectivity index (χ1n) is 6.51. The molecule has 0 spiro atoms. The molecule has 120 valence electrons. The van der Waals surface area contributed by atoms with Crippen LogP contribution in [0.2, 0.25) is 0 Å². The second-order valence-electron chi connectivity index (χ2n) is 4.70. The summed E-state index contributed by atoms with van der Waals surface area (Å²) in [6.45, 7) is -0.559. The summed E-state index contributed by atoms with van der Waals surface area (Å²) >= 11 is 6.05. The molecule has 1 fully saturated rings. The predicted molar refractivity (Wildman–Crippen MR) is 86.1 cm³/mol. The van der Waals surface area contributed by atoms with Gasteiger partial charge in [-0.05, 0) is 23.8 Å². The van der Waals surface area contributed by atoms with Crippen LogP contribution in [0.25, 0.3) is 6.08 Å². The maximum absolute atomic E-state index is 12.4. The number of fused-ring (bicyclic) bond motifs is 1. The minimum Gasteiger partial charge on any atom is -0.480 e. The molecule has 2 heterocycles. The highest BCUT2D eigenvalue weighted by Crippen LogP contribution is 2.37. The molecule has 2 aliphatic heterocycles. The number of carbonyl (C=O) groups excluding carboxylic acids is 1. The lowest BCUT2D eigenvalue weighted by atomic mass is 10.2. The molecule has 0 aromatic heterocycles. The van der Waals surface area contributed by atoms with E-state index < -0.39 is 24.5 Å². The van der Waals surface area contributed by atoms with Crippen LogP contribution in [-0.4, -0.2) is 50.8 Å². The largest absolute Gasteiger partial charge is 0.480 e. The zero-order chi connectivity index (χ0) is 16.6. The Labute approximate surface area is 140 Å². The van der Waals surface area contributed by atoms with Crippen molar-refractivity contribution in [3.63, 3.8) is 0 Å².